The number of halogens is 2. The molecule has 0 amide bonds. The van der Waals surface area contributed by atoms with Crippen molar-refractivity contribution >= 4 is 45.2 Å². The van der Waals surface area contributed by atoms with Crippen LogP contribution in [0.5, 0.6) is 0 Å². The normalized spacial score (nSPS) is 10.9. The zero-order valence-corrected chi connectivity index (χ0v) is 11.2. The Kier molecular flexibility index (Phi) is 3.02. The highest BCUT2D eigenvalue weighted by atomic mass is 127. The molecule has 2 rings (SSSR count). The largest absolute Gasteiger partial charge is 0.329 e. The van der Waals surface area contributed by atoms with E-state index in [9.17, 15) is 9.59 Å². The van der Waals surface area contributed by atoms with E-state index in [-0.39, 0.29) is 5.39 Å². The SMILES string of the molecule is CCn1c(=O)[nH]c(=O)c2c(Cl)c(I)cnc21. The van der Waals surface area contributed by atoms with Gasteiger partial charge < -0.3 is 0 Å². The van der Waals surface area contributed by atoms with Gasteiger partial charge in [-0.2, -0.15) is 0 Å². The Hall–Kier alpha value is -0.890. The minimum atomic E-state index is -0.499. The molecular weight excluding hydrogens is 344 g/mol. The average molecular weight is 352 g/mol. The summed E-state index contributed by atoms with van der Waals surface area (Å²) in [5.41, 5.74) is -0.646. The van der Waals surface area contributed by atoms with Crippen LogP contribution in [0.2, 0.25) is 5.02 Å². The van der Waals surface area contributed by atoms with Gasteiger partial charge in [-0.3, -0.25) is 14.3 Å². The molecule has 1 N–H and O–H groups in total. The number of aromatic nitrogens is 3. The van der Waals surface area contributed by atoms with Gasteiger partial charge in [0, 0.05) is 12.7 Å². The van der Waals surface area contributed by atoms with Gasteiger partial charge >= 0.3 is 5.69 Å². The molecule has 2 heterocycles. The zero-order chi connectivity index (χ0) is 11.9. The van der Waals surface area contributed by atoms with Crippen molar-refractivity contribution < 1.29 is 0 Å². The van der Waals surface area contributed by atoms with E-state index in [4.69, 9.17) is 11.6 Å². The third kappa shape index (κ3) is 1.65. The van der Waals surface area contributed by atoms with Crippen LogP contribution in [0.4, 0.5) is 0 Å². The molecule has 0 saturated heterocycles. The first-order valence-corrected chi connectivity index (χ1v) is 5.98. The van der Waals surface area contributed by atoms with Gasteiger partial charge in [0.25, 0.3) is 5.56 Å². The maximum absolute atomic E-state index is 11.6. The number of aryl methyl sites for hydroxylation is 1. The van der Waals surface area contributed by atoms with Crippen molar-refractivity contribution in [3.63, 3.8) is 0 Å². The summed E-state index contributed by atoms with van der Waals surface area (Å²) < 4.78 is 2.05. The minimum absolute atomic E-state index is 0.259. The summed E-state index contributed by atoms with van der Waals surface area (Å²) in [6, 6.07) is 0. The first-order chi connectivity index (χ1) is 7.56. The molecule has 84 valence electrons. The van der Waals surface area contributed by atoms with Crippen LogP contribution in [-0.4, -0.2) is 14.5 Å². The summed E-state index contributed by atoms with van der Waals surface area (Å²) in [6.45, 7) is 2.22. The third-order valence-corrected chi connectivity index (χ3v) is 3.75. The smallest absolute Gasteiger partial charge is 0.278 e. The molecule has 2 aromatic rings. The van der Waals surface area contributed by atoms with E-state index < -0.39 is 11.2 Å². The van der Waals surface area contributed by atoms with Crippen molar-refractivity contribution in [3.8, 4) is 0 Å². The fourth-order valence-corrected chi connectivity index (χ4v) is 2.11. The molecular formula is C9H7ClIN3O2. The predicted molar refractivity (Wildman–Crippen MR) is 70.0 cm³/mol. The highest BCUT2D eigenvalue weighted by molar-refractivity contribution is 14.1. The molecule has 2 aromatic heterocycles. The van der Waals surface area contributed by atoms with Crippen LogP contribution >= 0.6 is 34.2 Å². The van der Waals surface area contributed by atoms with Crippen LogP contribution in [0.15, 0.2) is 15.8 Å². The molecule has 0 aromatic carbocycles. The first-order valence-electron chi connectivity index (χ1n) is 4.53. The van der Waals surface area contributed by atoms with Crippen LogP contribution in [0.1, 0.15) is 6.92 Å². The number of hydrogen-bond acceptors (Lipinski definition) is 3. The zero-order valence-electron chi connectivity index (χ0n) is 8.25. The lowest BCUT2D eigenvalue weighted by Gasteiger charge is -2.07. The van der Waals surface area contributed by atoms with E-state index >= 15 is 0 Å². The Morgan fingerprint density at radius 2 is 2.25 bits per heavy atom. The molecule has 0 aliphatic carbocycles. The number of hydrogen-bond donors (Lipinski definition) is 1. The lowest BCUT2D eigenvalue weighted by molar-refractivity contribution is 0.717. The second-order valence-corrected chi connectivity index (χ2v) is 4.66. The van der Waals surface area contributed by atoms with Crippen LogP contribution < -0.4 is 11.2 Å². The fourth-order valence-electron chi connectivity index (χ4n) is 1.48. The van der Waals surface area contributed by atoms with Gasteiger partial charge in [-0.1, -0.05) is 11.6 Å². The molecule has 0 aliphatic rings. The number of nitrogens with one attached hydrogen (secondary N) is 1. The van der Waals surface area contributed by atoms with Gasteiger partial charge in [0.05, 0.1) is 8.59 Å². The Morgan fingerprint density at radius 3 is 2.88 bits per heavy atom. The van der Waals surface area contributed by atoms with Crippen molar-refractivity contribution in [3.05, 3.63) is 35.6 Å². The van der Waals surface area contributed by atoms with E-state index in [1.54, 1.807) is 6.92 Å². The standard InChI is InChI=1S/C9H7ClIN3O2/c1-2-14-7-5(8(15)13-9(14)16)6(10)4(11)3-12-7/h3H,2H2,1H3,(H,13,15,16). The highest BCUT2D eigenvalue weighted by Crippen LogP contribution is 2.23. The molecule has 16 heavy (non-hydrogen) atoms. The van der Waals surface area contributed by atoms with Gasteiger partial charge in [-0.15, -0.1) is 0 Å². The second kappa shape index (κ2) is 4.17. The van der Waals surface area contributed by atoms with Gasteiger partial charge in [0.2, 0.25) is 0 Å². The summed E-state index contributed by atoms with van der Waals surface area (Å²) >= 11 is 8.02. The van der Waals surface area contributed by atoms with E-state index in [1.807, 2.05) is 22.6 Å². The van der Waals surface area contributed by atoms with Gasteiger partial charge in [0.15, 0.2) is 5.65 Å². The summed E-state index contributed by atoms with van der Waals surface area (Å²) in [5.74, 6) is 0. The fraction of sp³-hybridized carbons (Fsp3) is 0.222. The molecule has 0 unspecified atom stereocenters. The summed E-state index contributed by atoms with van der Waals surface area (Å²) in [5, 5.41) is 0.587. The number of fused-ring (bicyclic) bond motifs is 1. The number of H-pyrrole nitrogens is 1. The van der Waals surface area contributed by atoms with Gasteiger partial charge in [0.1, 0.15) is 5.39 Å². The van der Waals surface area contributed by atoms with Crippen molar-refractivity contribution in [2.24, 2.45) is 0 Å². The van der Waals surface area contributed by atoms with E-state index in [1.165, 1.54) is 10.8 Å². The maximum atomic E-state index is 11.6. The van der Waals surface area contributed by atoms with E-state index in [0.717, 1.165) is 0 Å². The summed E-state index contributed by atoms with van der Waals surface area (Å²) in [4.78, 5) is 29.5. The molecule has 0 spiro atoms. The molecule has 0 bridgehead atoms. The molecule has 0 radical (unpaired) electrons. The molecule has 0 aliphatic heterocycles. The quantitative estimate of drug-likeness (QED) is 0.789. The monoisotopic (exact) mass is 351 g/mol. The van der Waals surface area contributed by atoms with Crippen LogP contribution in [0.25, 0.3) is 11.0 Å². The van der Waals surface area contributed by atoms with Crippen LogP contribution in [0, 0.1) is 3.57 Å². The van der Waals surface area contributed by atoms with Crippen molar-refractivity contribution in [2.45, 2.75) is 13.5 Å². The maximum Gasteiger partial charge on any atom is 0.329 e. The van der Waals surface area contributed by atoms with Crippen molar-refractivity contribution in [1.82, 2.24) is 14.5 Å². The lowest BCUT2D eigenvalue weighted by Crippen LogP contribution is -2.30. The molecule has 5 nitrogen and oxygen atoms in total. The Balaban J connectivity index is 3.11. The van der Waals surface area contributed by atoms with Crippen molar-refractivity contribution in [2.75, 3.05) is 0 Å². The van der Waals surface area contributed by atoms with E-state index in [0.29, 0.717) is 20.8 Å². The van der Waals surface area contributed by atoms with Gasteiger partial charge in [-0.25, -0.2) is 9.78 Å². The highest BCUT2D eigenvalue weighted by Gasteiger charge is 2.12. The average Bonchev–Trinajstić information content (AvgIpc) is 2.23. The van der Waals surface area contributed by atoms with Gasteiger partial charge in [-0.05, 0) is 29.5 Å². The van der Waals surface area contributed by atoms with Crippen molar-refractivity contribution in [1.29, 1.82) is 0 Å². The Bertz CT molecular complexity index is 677. The number of rotatable bonds is 1. The minimum Gasteiger partial charge on any atom is -0.278 e. The molecule has 0 saturated carbocycles. The summed E-state index contributed by atoms with van der Waals surface area (Å²) in [6.07, 6.45) is 1.54. The molecule has 7 heteroatoms. The van der Waals surface area contributed by atoms with Crippen LogP contribution in [-0.2, 0) is 6.54 Å². The molecule has 0 atom stereocenters. The number of aromatic amines is 1. The van der Waals surface area contributed by atoms with E-state index in [2.05, 4.69) is 9.97 Å². The molecule has 0 fully saturated rings. The lowest BCUT2D eigenvalue weighted by atomic mass is 10.3. The predicted octanol–water partition coefficient (Wildman–Crippen LogP) is 1.36. The number of pyridine rings is 1. The van der Waals surface area contributed by atoms with Crippen LogP contribution in [0.3, 0.4) is 0 Å². The first kappa shape index (κ1) is 11.6. The Morgan fingerprint density at radius 1 is 1.56 bits per heavy atom. The second-order valence-electron chi connectivity index (χ2n) is 3.12. The summed E-state index contributed by atoms with van der Waals surface area (Å²) in [7, 11) is 0. The number of nitrogens with zero attached hydrogens (tertiary/aromatic N) is 2. The third-order valence-electron chi connectivity index (χ3n) is 2.22. The topological polar surface area (TPSA) is 67.8 Å². The Labute approximate surface area is 109 Å².